The zero-order valence-corrected chi connectivity index (χ0v) is 24.9. The van der Waals surface area contributed by atoms with Gasteiger partial charge in [0.05, 0.1) is 17.3 Å². The van der Waals surface area contributed by atoms with Crippen LogP contribution >= 0.6 is 27.5 Å². The second-order valence-corrected chi connectivity index (χ2v) is 11.7. The number of imide groups is 1. The Kier molecular flexibility index (Phi) is 10.6. The molecule has 2 aliphatic heterocycles. The zero-order valence-electron chi connectivity index (χ0n) is 22.6. The molecule has 3 amide bonds. The molecule has 1 aromatic carbocycles. The van der Waals surface area contributed by atoms with Crippen LogP contribution in [0.25, 0.3) is 0 Å². The number of likely N-dealkylation sites (tertiary alicyclic amines) is 1. The first-order chi connectivity index (χ1) is 19.5. The van der Waals surface area contributed by atoms with Gasteiger partial charge in [0.1, 0.15) is 36.0 Å². The van der Waals surface area contributed by atoms with Gasteiger partial charge in [0.25, 0.3) is 0 Å². The highest BCUT2D eigenvalue weighted by Gasteiger charge is 2.45. The minimum Gasteiger partial charge on any atom is -0.462 e. The van der Waals surface area contributed by atoms with Gasteiger partial charge in [-0.25, -0.2) is 14.7 Å². The largest absolute Gasteiger partial charge is 0.462 e. The van der Waals surface area contributed by atoms with Crippen LogP contribution in [-0.4, -0.2) is 98.7 Å². The number of nitrogens with one attached hydrogen (secondary N) is 1. The predicted molar refractivity (Wildman–Crippen MR) is 154 cm³/mol. The molecule has 4 rings (SSSR count). The van der Waals surface area contributed by atoms with E-state index < -0.39 is 55.2 Å². The van der Waals surface area contributed by atoms with Crippen molar-refractivity contribution in [2.75, 3.05) is 29.9 Å². The molecule has 2 saturated heterocycles. The fraction of sp³-hybridized carbons (Fsp3) is 0.519. The number of hydrogen-bond acceptors (Lipinski definition) is 10. The predicted octanol–water partition coefficient (Wildman–Crippen LogP) is 2.36. The fourth-order valence-electron chi connectivity index (χ4n) is 4.85. The number of piperidine rings is 1. The summed E-state index contributed by atoms with van der Waals surface area (Å²) in [5.41, 5.74) is 0.168. The number of anilines is 2. The van der Waals surface area contributed by atoms with Crippen LogP contribution in [0.4, 0.5) is 16.3 Å². The van der Waals surface area contributed by atoms with Crippen molar-refractivity contribution in [1.29, 1.82) is 0 Å². The number of hydrogen-bond donors (Lipinski definition) is 5. The molecule has 0 bridgehead atoms. The van der Waals surface area contributed by atoms with Crippen LogP contribution in [0.2, 0.25) is 5.02 Å². The van der Waals surface area contributed by atoms with Gasteiger partial charge in [-0.15, -0.1) is 0 Å². The number of amides is 3. The van der Waals surface area contributed by atoms with Crippen LogP contribution in [0.15, 0.2) is 41.0 Å². The first-order valence-corrected chi connectivity index (χ1v) is 14.4. The summed E-state index contributed by atoms with van der Waals surface area (Å²) >= 11 is 9.30. The Morgan fingerprint density at radius 1 is 1.17 bits per heavy atom. The average Bonchev–Trinajstić information content (AvgIpc) is 2.94. The number of pyridine rings is 1. The molecule has 0 saturated carbocycles. The van der Waals surface area contributed by atoms with E-state index in [1.165, 1.54) is 24.4 Å². The number of rotatable bonds is 7. The summed E-state index contributed by atoms with van der Waals surface area (Å²) in [5, 5.41) is 43.1. The van der Waals surface area contributed by atoms with Crippen molar-refractivity contribution >= 4 is 51.0 Å². The van der Waals surface area contributed by atoms with Gasteiger partial charge in [-0.3, -0.25) is 10.1 Å². The van der Waals surface area contributed by atoms with Crippen LogP contribution in [-0.2, 0) is 9.53 Å². The smallest absolute Gasteiger partial charge is 0.334 e. The Morgan fingerprint density at radius 3 is 2.49 bits per heavy atom. The maximum atomic E-state index is 13.9. The topological polar surface area (TPSA) is 165 Å². The fourth-order valence-corrected chi connectivity index (χ4v) is 5.42. The number of nitrogens with zero attached hydrogens (tertiary/aromatic N) is 3. The molecule has 0 aliphatic carbocycles. The summed E-state index contributed by atoms with van der Waals surface area (Å²) in [6, 6.07) is 7.18. The molecule has 2 fully saturated rings. The Bertz CT molecular complexity index is 1210. The van der Waals surface area contributed by atoms with Gasteiger partial charge < -0.3 is 34.8 Å². The molecule has 12 nitrogen and oxygen atoms in total. The van der Waals surface area contributed by atoms with E-state index in [0.29, 0.717) is 41.5 Å². The lowest BCUT2D eigenvalue weighted by Gasteiger charge is -2.39. The molecule has 5 N–H and O–H groups in total. The molecule has 224 valence electrons. The lowest BCUT2D eigenvalue weighted by atomic mass is 9.94. The summed E-state index contributed by atoms with van der Waals surface area (Å²) in [6.07, 6.45) is -4.93. The standard InChI is InChI=1S/C27H34BrClN4O8/c1-14(2)32-7-5-15(6-8-32)25(38)33(27(39)31-21-4-3-17(29)12-30-21)18-9-16(28)10-19(11-18)40-26-24(37)23(36)22(35)20(13-34)41-26/h3-4,9-12,14-15,20,22-24,26,34-37H,5-8,13H2,1-2H3,(H,30,31,39)/t20-,22-,23+,24-,26+/m1/s1. The Labute approximate surface area is 251 Å². The Balaban J connectivity index is 1.62. The van der Waals surface area contributed by atoms with Crippen molar-refractivity contribution in [2.24, 2.45) is 5.92 Å². The highest BCUT2D eigenvalue weighted by atomic mass is 79.9. The van der Waals surface area contributed by atoms with E-state index in [1.54, 1.807) is 12.1 Å². The van der Waals surface area contributed by atoms with E-state index in [9.17, 15) is 30.0 Å². The number of ether oxygens (including phenoxy) is 2. The highest BCUT2D eigenvalue weighted by Crippen LogP contribution is 2.33. The van der Waals surface area contributed by atoms with Gasteiger partial charge in [-0.1, -0.05) is 27.5 Å². The van der Waals surface area contributed by atoms with Crippen LogP contribution in [0.3, 0.4) is 0 Å². The van der Waals surface area contributed by atoms with Crippen LogP contribution in [0.5, 0.6) is 5.75 Å². The van der Waals surface area contributed by atoms with E-state index in [4.69, 9.17) is 21.1 Å². The summed E-state index contributed by atoms with van der Waals surface area (Å²) < 4.78 is 11.7. The third kappa shape index (κ3) is 7.54. The summed E-state index contributed by atoms with van der Waals surface area (Å²) in [4.78, 5) is 34.9. The molecule has 0 spiro atoms. The monoisotopic (exact) mass is 656 g/mol. The Morgan fingerprint density at radius 2 is 1.88 bits per heavy atom. The van der Waals surface area contributed by atoms with E-state index in [0.717, 1.165) is 4.90 Å². The van der Waals surface area contributed by atoms with Gasteiger partial charge in [0.15, 0.2) is 0 Å². The Hall–Kier alpha value is -2.36. The normalized spacial score (nSPS) is 25.6. The van der Waals surface area contributed by atoms with E-state index in [-0.39, 0.29) is 17.3 Å². The number of carbonyl (C=O) groups is 2. The third-order valence-corrected chi connectivity index (χ3v) is 7.89. The average molecular weight is 658 g/mol. The second-order valence-electron chi connectivity index (χ2n) is 10.3. The van der Waals surface area contributed by atoms with Crippen molar-refractivity contribution in [3.05, 3.63) is 46.0 Å². The van der Waals surface area contributed by atoms with Gasteiger partial charge in [0, 0.05) is 28.7 Å². The maximum absolute atomic E-state index is 13.9. The molecule has 14 heteroatoms. The first-order valence-electron chi connectivity index (χ1n) is 13.3. The van der Waals surface area contributed by atoms with Crippen LogP contribution < -0.4 is 15.0 Å². The number of aliphatic hydroxyl groups is 4. The quantitative estimate of drug-likeness (QED) is 0.299. The van der Waals surface area contributed by atoms with Crippen molar-refractivity contribution < 1.29 is 39.5 Å². The third-order valence-electron chi connectivity index (χ3n) is 7.21. The van der Waals surface area contributed by atoms with Gasteiger partial charge >= 0.3 is 6.03 Å². The van der Waals surface area contributed by atoms with E-state index >= 15 is 0 Å². The number of aromatic nitrogens is 1. The highest BCUT2D eigenvalue weighted by molar-refractivity contribution is 9.10. The molecular weight excluding hydrogens is 624 g/mol. The minimum absolute atomic E-state index is 0.0866. The van der Waals surface area contributed by atoms with Crippen molar-refractivity contribution in [3.63, 3.8) is 0 Å². The molecule has 1 aromatic heterocycles. The minimum atomic E-state index is -1.64. The first kappa shape index (κ1) is 31.6. The molecule has 0 unspecified atom stereocenters. The van der Waals surface area contributed by atoms with E-state index in [2.05, 4.69) is 45.0 Å². The van der Waals surface area contributed by atoms with Crippen LogP contribution in [0.1, 0.15) is 26.7 Å². The number of urea groups is 1. The lowest BCUT2D eigenvalue weighted by Crippen LogP contribution is -2.60. The molecular formula is C27H34BrClN4O8. The SMILES string of the molecule is CC(C)N1CCC(C(=O)N(C(=O)Nc2ccc(Cl)cn2)c2cc(Br)cc(O[C@H]3O[C@H](CO)[C@@H](O)[C@H](O)[C@H]3O)c2)CC1. The van der Waals surface area contributed by atoms with E-state index in [1.807, 2.05) is 0 Å². The summed E-state index contributed by atoms with van der Waals surface area (Å²) in [7, 11) is 0. The summed E-state index contributed by atoms with van der Waals surface area (Å²) in [5.74, 6) is -0.539. The molecule has 41 heavy (non-hydrogen) atoms. The number of halogens is 2. The molecule has 5 atom stereocenters. The van der Waals surface area contributed by atoms with Crippen molar-refractivity contribution in [3.8, 4) is 5.75 Å². The number of aliphatic hydroxyl groups excluding tert-OH is 4. The van der Waals surface area contributed by atoms with Gasteiger partial charge in [0.2, 0.25) is 12.2 Å². The van der Waals surface area contributed by atoms with Gasteiger partial charge in [-0.05, 0) is 64.0 Å². The molecule has 0 radical (unpaired) electrons. The molecule has 3 heterocycles. The van der Waals surface area contributed by atoms with Crippen molar-refractivity contribution in [2.45, 2.75) is 63.4 Å². The van der Waals surface area contributed by atoms with Gasteiger partial charge in [-0.2, -0.15) is 0 Å². The summed E-state index contributed by atoms with van der Waals surface area (Å²) in [6.45, 7) is 5.00. The molecule has 2 aliphatic rings. The maximum Gasteiger partial charge on any atom is 0.334 e. The van der Waals surface area contributed by atoms with Crippen molar-refractivity contribution in [1.82, 2.24) is 9.88 Å². The number of carbonyl (C=O) groups excluding carboxylic acids is 2. The zero-order chi connectivity index (χ0) is 29.8. The second kappa shape index (κ2) is 13.7. The lowest BCUT2D eigenvalue weighted by molar-refractivity contribution is -0.277. The number of benzene rings is 1. The van der Waals surface area contributed by atoms with Crippen LogP contribution in [0, 0.1) is 5.92 Å². The molecule has 2 aromatic rings.